The zero-order valence-corrected chi connectivity index (χ0v) is 17.1. The van der Waals surface area contributed by atoms with Gasteiger partial charge in [0.15, 0.2) is 0 Å². The first kappa shape index (κ1) is 23.4. The van der Waals surface area contributed by atoms with Gasteiger partial charge in [0.05, 0.1) is 11.5 Å². The number of rotatable bonds is 14. The second-order valence-corrected chi connectivity index (χ2v) is 8.37. The zero-order chi connectivity index (χ0) is 18.6. The van der Waals surface area contributed by atoms with E-state index in [0.29, 0.717) is 12.3 Å². The van der Waals surface area contributed by atoms with Gasteiger partial charge in [0, 0.05) is 0 Å². The van der Waals surface area contributed by atoms with Crippen LogP contribution in [0.3, 0.4) is 0 Å². The Balaban J connectivity index is 4.00. The molecule has 24 heavy (non-hydrogen) atoms. The Labute approximate surface area is 150 Å². The number of aliphatic hydroxyl groups is 1. The van der Waals surface area contributed by atoms with Crippen molar-refractivity contribution in [3.8, 4) is 0 Å². The third-order valence-electron chi connectivity index (χ3n) is 4.62. The summed E-state index contributed by atoms with van der Waals surface area (Å²) in [5.41, 5.74) is -0.988. The number of hydrogen-bond acceptors (Lipinski definition) is 3. The fourth-order valence-electron chi connectivity index (χ4n) is 2.87. The summed E-state index contributed by atoms with van der Waals surface area (Å²) in [6.45, 7) is 11.8. The molecule has 144 valence electrons. The van der Waals surface area contributed by atoms with E-state index in [1.54, 1.807) is 13.8 Å². The van der Waals surface area contributed by atoms with Crippen LogP contribution in [0.5, 0.6) is 0 Å². The number of carbonyl (C=O) groups excluding carboxylic acids is 1. The second kappa shape index (κ2) is 12.7. The van der Waals surface area contributed by atoms with Gasteiger partial charge in [-0.3, -0.25) is 4.79 Å². The lowest BCUT2D eigenvalue weighted by Crippen LogP contribution is -2.41. The predicted molar refractivity (Wildman–Crippen MR) is 102 cm³/mol. The maximum atomic E-state index is 12.3. The molecule has 0 aliphatic heterocycles. The summed E-state index contributed by atoms with van der Waals surface area (Å²) in [7, 11) is 0. The van der Waals surface area contributed by atoms with E-state index in [1.807, 2.05) is 6.92 Å². The van der Waals surface area contributed by atoms with E-state index in [0.717, 1.165) is 12.8 Å². The molecule has 0 spiro atoms. The minimum atomic E-state index is -0.988. The highest BCUT2D eigenvalue weighted by atomic mass is 16.6. The Hall–Kier alpha value is -0.570. The summed E-state index contributed by atoms with van der Waals surface area (Å²) in [5.74, 6) is 0.144. The third-order valence-corrected chi connectivity index (χ3v) is 4.62. The topological polar surface area (TPSA) is 46.5 Å². The fraction of sp³-hybridized carbons (Fsp3) is 0.952. The SMILES string of the molecule is CCCCCCCCCCC(C)C(=O)OC(CC(C)C)C(C)(C)O. The van der Waals surface area contributed by atoms with E-state index in [1.165, 1.54) is 44.9 Å². The van der Waals surface area contributed by atoms with Crippen molar-refractivity contribution in [1.29, 1.82) is 0 Å². The van der Waals surface area contributed by atoms with Gasteiger partial charge in [-0.05, 0) is 32.6 Å². The first-order valence-electron chi connectivity index (χ1n) is 10.1. The molecule has 0 aliphatic rings. The van der Waals surface area contributed by atoms with Gasteiger partial charge in [-0.1, -0.05) is 79.1 Å². The average Bonchev–Trinajstić information content (AvgIpc) is 2.47. The van der Waals surface area contributed by atoms with Crippen LogP contribution in [0.4, 0.5) is 0 Å². The summed E-state index contributed by atoms with van der Waals surface area (Å²) < 4.78 is 5.62. The normalized spacial score (nSPS) is 14.7. The quantitative estimate of drug-likeness (QED) is 0.316. The van der Waals surface area contributed by atoms with Gasteiger partial charge in [0.2, 0.25) is 0 Å². The molecule has 0 aliphatic carbocycles. The molecule has 3 heteroatoms. The molecule has 0 saturated heterocycles. The maximum Gasteiger partial charge on any atom is 0.309 e. The Morgan fingerprint density at radius 1 is 0.958 bits per heavy atom. The van der Waals surface area contributed by atoms with Crippen LogP contribution >= 0.6 is 0 Å². The lowest BCUT2D eigenvalue weighted by molar-refractivity contribution is -0.168. The molecular weight excluding hydrogens is 300 g/mol. The molecule has 2 unspecified atom stereocenters. The van der Waals surface area contributed by atoms with Crippen LogP contribution in [0, 0.1) is 11.8 Å². The van der Waals surface area contributed by atoms with Crippen molar-refractivity contribution in [2.24, 2.45) is 11.8 Å². The van der Waals surface area contributed by atoms with Crippen LogP contribution in [-0.2, 0) is 9.53 Å². The van der Waals surface area contributed by atoms with Gasteiger partial charge in [0.25, 0.3) is 0 Å². The molecule has 0 fully saturated rings. The lowest BCUT2D eigenvalue weighted by atomic mass is 9.93. The van der Waals surface area contributed by atoms with E-state index < -0.39 is 11.7 Å². The largest absolute Gasteiger partial charge is 0.459 e. The molecule has 0 heterocycles. The van der Waals surface area contributed by atoms with Gasteiger partial charge in [-0.25, -0.2) is 0 Å². The second-order valence-electron chi connectivity index (χ2n) is 8.37. The van der Waals surface area contributed by atoms with Crippen LogP contribution in [0.2, 0.25) is 0 Å². The highest BCUT2D eigenvalue weighted by Gasteiger charge is 2.32. The lowest BCUT2D eigenvalue weighted by Gasteiger charge is -2.31. The monoisotopic (exact) mass is 342 g/mol. The van der Waals surface area contributed by atoms with E-state index in [9.17, 15) is 9.90 Å². The van der Waals surface area contributed by atoms with E-state index in [4.69, 9.17) is 4.74 Å². The molecular formula is C21H42O3. The number of esters is 1. The van der Waals surface area contributed by atoms with Gasteiger partial charge in [-0.2, -0.15) is 0 Å². The molecule has 0 saturated carbocycles. The molecule has 0 aromatic carbocycles. The van der Waals surface area contributed by atoms with Crippen molar-refractivity contribution >= 4 is 5.97 Å². The molecule has 0 aromatic heterocycles. The first-order chi connectivity index (χ1) is 11.2. The fourth-order valence-corrected chi connectivity index (χ4v) is 2.87. The number of unbranched alkanes of at least 4 members (excludes halogenated alkanes) is 7. The Kier molecular flexibility index (Phi) is 12.4. The van der Waals surface area contributed by atoms with Crippen molar-refractivity contribution < 1.29 is 14.6 Å². The molecule has 1 N–H and O–H groups in total. The number of ether oxygens (including phenoxy) is 1. The smallest absolute Gasteiger partial charge is 0.309 e. The third kappa shape index (κ3) is 11.9. The summed E-state index contributed by atoms with van der Waals surface area (Å²) in [4.78, 5) is 12.3. The standard InChI is InChI=1S/C21H42O3/c1-7-8-9-10-11-12-13-14-15-18(4)20(22)24-19(16-17(2)3)21(5,6)23/h17-19,23H,7-16H2,1-6H3. The first-order valence-corrected chi connectivity index (χ1v) is 10.1. The summed E-state index contributed by atoms with van der Waals surface area (Å²) in [6.07, 6.45) is 11.4. The highest BCUT2D eigenvalue weighted by molar-refractivity contribution is 5.72. The van der Waals surface area contributed by atoms with E-state index >= 15 is 0 Å². The number of carbonyl (C=O) groups is 1. The van der Waals surface area contributed by atoms with Crippen LogP contribution in [0.15, 0.2) is 0 Å². The minimum Gasteiger partial charge on any atom is -0.459 e. The molecule has 0 rings (SSSR count). The Morgan fingerprint density at radius 2 is 1.46 bits per heavy atom. The average molecular weight is 343 g/mol. The summed E-state index contributed by atoms with van der Waals surface area (Å²) in [6, 6.07) is 0. The predicted octanol–water partition coefficient (Wildman–Crippen LogP) is 5.88. The molecule has 0 aromatic rings. The van der Waals surface area contributed by atoms with Crippen LogP contribution < -0.4 is 0 Å². The molecule has 2 atom stereocenters. The van der Waals surface area contributed by atoms with Crippen molar-refractivity contribution in [2.45, 2.75) is 117 Å². The molecule has 0 bridgehead atoms. The summed E-state index contributed by atoms with van der Waals surface area (Å²) in [5, 5.41) is 10.2. The Bertz CT molecular complexity index is 318. The summed E-state index contributed by atoms with van der Waals surface area (Å²) >= 11 is 0. The van der Waals surface area contributed by atoms with E-state index in [2.05, 4.69) is 20.8 Å². The minimum absolute atomic E-state index is 0.0814. The van der Waals surface area contributed by atoms with E-state index in [-0.39, 0.29) is 11.9 Å². The zero-order valence-electron chi connectivity index (χ0n) is 17.1. The van der Waals surface area contributed by atoms with Crippen LogP contribution in [-0.4, -0.2) is 22.8 Å². The van der Waals surface area contributed by atoms with Crippen molar-refractivity contribution in [2.75, 3.05) is 0 Å². The molecule has 0 radical (unpaired) electrons. The maximum absolute atomic E-state index is 12.3. The van der Waals surface area contributed by atoms with Gasteiger partial charge < -0.3 is 9.84 Å². The van der Waals surface area contributed by atoms with Gasteiger partial charge in [0.1, 0.15) is 6.10 Å². The highest BCUT2D eigenvalue weighted by Crippen LogP contribution is 2.23. The Morgan fingerprint density at radius 3 is 1.92 bits per heavy atom. The van der Waals surface area contributed by atoms with Gasteiger partial charge in [-0.15, -0.1) is 0 Å². The van der Waals surface area contributed by atoms with Crippen molar-refractivity contribution in [3.05, 3.63) is 0 Å². The van der Waals surface area contributed by atoms with Crippen LogP contribution in [0.25, 0.3) is 0 Å². The molecule has 0 amide bonds. The number of hydrogen-bond donors (Lipinski definition) is 1. The molecule has 3 nitrogen and oxygen atoms in total. The van der Waals surface area contributed by atoms with Crippen molar-refractivity contribution in [3.63, 3.8) is 0 Å². The van der Waals surface area contributed by atoms with Crippen LogP contribution in [0.1, 0.15) is 106 Å². The van der Waals surface area contributed by atoms with Crippen molar-refractivity contribution in [1.82, 2.24) is 0 Å². The van der Waals surface area contributed by atoms with Gasteiger partial charge >= 0.3 is 5.97 Å².